The van der Waals surface area contributed by atoms with Crippen molar-refractivity contribution in [3.05, 3.63) is 131 Å². The van der Waals surface area contributed by atoms with E-state index in [9.17, 15) is 35.2 Å². The van der Waals surface area contributed by atoms with Crippen molar-refractivity contribution in [3.63, 3.8) is 0 Å². The summed E-state index contributed by atoms with van der Waals surface area (Å²) in [6.07, 6.45) is 0.935. The predicted octanol–water partition coefficient (Wildman–Crippen LogP) is 8.36. The van der Waals surface area contributed by atoms with E-state index >= 15 is 0 Å². The molecule has 0 bridgehead atoms. The lowest BCUT2D eigenvalue weighted by atomic mass is 9.97. The number of carbonyl (C=O) groups is 2. The topological polar surface area (TPSA) is 137 Å². The summed E-state index contributed by atoms with van der Waals surface area (Å²) in [4.78, 5) is 26.8. The van der Waals surface area contributed by atoms with Crippen LogP contribution in [0.4, 0.5) is 8.78 Å². The van der Waals surface area contributed by atoms with E-state index in [4.69, 9.17) is 14.2 Å². The van der Waals surface area contributed by atoms with Crippen molar-refractivity contribution < 1.29 is 49.4 Å². The number of hydrogen-bond donors (Lipinski definition) is 0. The summed E-state index contributed by atoms with van der Waals surface area (Å²) >= 11 is 0. The Labute approximate surface area is 340 Å². The molecule has 0 atom stereocenters. The number of nitrogens with zero attached hydrogens (tertiary/aromatic N) is 2. The summed E-state index contributed by atoms with van der Waals surface area (Å²) in [5.74, 6) is -1.70. The average molecular weight is 843 g/mol. The zero-order valence-electron chi connectivity index (χ0n) is 32.6. The average Bonchev–Trinajstić information content (AvgIpc) is 3.75. The largest absolute Gasteiger partial charge is 0.456 e. The summed E-state index contributed by atoms with van der Waals surface area (Å²) in [6.45, 7) is 4.29. The molecule has 59 heavy (non-hydrogen) atoms. The smallest absolute Gasteiger partial charge is 0.317 e. The predicted molar refractivity (Wildman–Crippen MR) is 218 cm³/mol. The minimum atomic E-state index is -3.69. The lowest BCUT2D eigenvalue weighted by molar-refractivity contribution is -0.158. The fraction of sp³-hybridized carbons (Fsp3) is 0.227. The maximum absolute atomic E-state index is 14.5. The van der Waals surface area contributed by atoms with Crippen LogP contribution in [-0.2, 0) is 47.2 Å². The van der Waals surface area contributed by atoms with Gasteiger partial charge in [-0.1, -0.05) is 24.3 Å². The van der Waals surface area contributed by atoms with Gasteiger partial charge < -0.3 is 14.2 Å². The highest BCUT2D eigenvalue weighted by molar-refractivity contribution is 7.89. The number of benzene rings is 6. The molecule has 15 heteroatoms. The molecule has 0 spiro atoms. The quantitative estimate of drug-likeness (QED) is 0.0880. The van der Waals surface area contributed by atoms with Gasteiger partial charge in [0, 0.05) is 38.0 Å². The molecule has 0 unspecified atom stereocenters. The number of carbonyl (C=O) groups excluding carboxylic acids is 2. The van der Waals surface area contributed by atoms with Gasteiger partial charge in [-0.15, -0.1) is 0 Å². The number of halogens is 2. The van der Waals surface area contributed by atoms with Gasteiger partial charge in [0.1, 0.15) is 34.6 Å². The molecule has 7 rings (SSSR count). The first kappa shape index (κ1) is 41.4. The Morgan fingerprint density at radius 3 is 1.47 bits per heavy atom. The fourth-order valence-corrected chi connectivity index (χ4v) is 9.43. The maximum atomic E-state index is 14.5. The minimum absolute atomic E-state index is 0.0533. The molecule has 11 nitrogen and oxygen atoms in total. The molecule has 0 radical (unpaired) electrons. The van der Waals surface area contributed by atoms with Crippen LogP contribution in [0.25, 0.3) is 21.5 Å². The normalized spacial score (nSPS) is 13.6. The third-order valence-electron chi connectivity index (χ3n) is 10.3. The highest BCUT2D eigenvalue weighted by Crippen LogP contribution is 2.39. The van der Waals surface area contributed by atoms with Crippen LogP contribution in [0.1, 0.15) is 35.1 Å². The number of esters is 2. The van der Waals surface area contributed by atoms with Crippen LogP contribution in [0.2, 0.25) is 0 Å². The summed E-state index contributed by atoms with van der Waals surface area (Å²) in [7, 11) is -4.50. The Hall–Kier alpha value is -5.74. The maximum Gasteiger partial charge on any atom is 0.317 e. The highest BCUT2D eigenvalue weighted by atomic mass is 32.2. The lowest BCUT2D eigenvalue weighted by Gasteiger charge is -2.18. The Balaban J connectivity index is 1.11. The van der Waals surface area contributed by atoms with Crippen molar-refractivity contribution in [1.29, 1.82) is 0 Å². The van der Waals surface area contributed by atoms with Crippen molar-refractivity contribution in [3.8, 4) is 23.0 Å². The lowest BCUT2D eigenvalue weighted by Crippen LogP contribution is -2.27. The first-order valence-electron chi connectivity index (χ1n) is 18.7. The Morgan fingerprint density at radius 2 is 1.05 bits per heavy atom. The second-order valence-electron chi connectivity index (χ2n) is 14.5. The van der Waals surface area contributed by atoms with Crippen LogP contribution in [0, 0.1) is 25.5 Å². The van der Waals surface area contributed by atoms with Crippen LogP contribution in [-0.4, -0.2) is 64.6 Å². The van der Waals surface area contributed by atoms with Gasteiger partial charge in [0.15, 0.2) is 0 Å². The molecule has 0 aliphatic carbocycles. The number of fused-ring (bicyclic) bond motifs is 2. The molecule has 1 aliphatic rings. The van der Waals surface area contributed by atoms with E-state index in [1.807, 2.05) is 0 Å². The van der Waals surface area contributed by atoms with Crippen LogP contribution >= 0.6 is 0 Å². The molecule has 1 saturated heterocycles. The molecule has 0 amide bonds. The zero-order valence-corrected chi connectivity index (χ0v) is 34.3. The first-order valence-corrected chi connectivity index (χ1v) is 21.5. The molecule has 306 valence electrons. The summed E-state index contributed by atoms with van der Waals surface area (Å²) in [6, 6.07) is 23.2. The summed E-state index contributed by atoms with van der Waals surface area (Å²) in [5, 5.41) is 1.93. The van der Waals surface area contributed by atoms with Gasteiger partial charge in [-0.3, -0.25) is 9.59 Å². The van der Waals surface area contributed by atoms with E-state index < -0.39 is 43.6 Å². The number of ether oxygens (including phenoxy) is 3. The first-order chi connectivity index (χ1) is 28.0. The van der Waals surface area contributed by atoms with Gasteiger partial charge in [0.2, 0.25) is 20.0 Å². The van der Waals surface area contributed by atoms with Crippen LogP contribution in [0.5, 0.6) is 23.0 Å². The molecule has 6 aromatic rings. The van der Waals surface area contributed by atoms with Gasteiger partial charge >= 0.3 is 11.9 Å². The molecular weight excluding hydrogens is 803 g/mol. The second-order valence-corrected chi connectivity index (χ2v) is 18.5. The van der Waals surface area contributed by atoms with Crippen LogP contribution in [0.15, 0.2) is 107 Å². The van der Waals surface area contributed by atoms with Crippen molar-refractivity contribution >= 4 is 53.5 Å². The van der Waals surface area contributed by atoms with Crippen molar-refractivity contribution in [1.82, 2.24) is 8.61 Å². The van der Waals surface area contributed by atoms with Gasteiger partial charge in [0.05, 0.1) is 22.6 Å². The molecule has 1 fully saturated rings. The highest BCUT2D eigenvalue weighted by Gasteiger charge is 2.27. The summed E-state index contributed by atoms with van der Waals surface area (Å²) < 4.78 is 100. The molecule has 0 aromatic heterocycles. The van der Waals surface area contributed by atoms with E-state index in [-0.39, 0.29) is 39.9 Å². The van der Waals surface area contributed by atoms with Gasteiger partial charge in [-0.25, -0.2) is 29.9 Å². The van der Waals surface area contributed by atoms with E-state index in [1.165, 1.54) is 103 Å². The van der Waals surface area contributed by atoms with Crippen molar-refractivity contribution in [2.45, 2.75) is 49.3 Å². The van der Waals surface area contributed by atoms with E-state index in [0.29, 0.717) is 62.6 Å². The van der Waals surface area contributed by atoms with Gasteiger partial charge in [-0.2, -0.15) is 4.31 Å². The van der Waals surface area contributed by atoms with Crippen LogP contribution in [0.3, 0.4) is 0 Å². The van der Waals surface area contributed by atoms with Crippen LogP contribution < -0.4 is 9.47 Å². The van der Waals surface area contributed by atoms with E-state index in [1.54, 1.807) is 26.0 Å². The van der Waals surface area contributed by atoms with Crippen molar-refractivity contribution in [2.75, 3.05) is 27.2 Å². The molecular formula is C44H40F2N2O9S2. The number of sulfonamides is 2. The number of rotatable bonds is 12. The third-order valence-corrected chi connectivity index (χ3v) is 14.0. The standard InChI is InChI=1S/C44H40F2N2O9S2/c1-27-31(21-29-7-9-33(45)25-39(29)43(27)55-35-11-15-37(16-12-35)58(51,52)47(3)4)23-41(49)57-42(50)24-32-22-30-8-10-34(46)26-40(30)44(28(32)2)56-36-13-17-38(18-14-36)59(53,54)48-19-5-6-20-48/h7-18,21-22,25-26H,5-6,19-20,23-24H2,1-4H3. The third kappa shape index (κ3) is 8.69. The van der Waals surface area contributed by atoms with E-state index in [2.05, 4.69) is 0 Å². The fourth-order valence-electron chi connectivity index (χ4n) is 7.01. The number of hydrogen-bond acceptors (Lipinski definition) is 9. The molecule has 1 aliphatic heterocycles. The summed E-state index contributed by atoms with van der Waals surface area (Å²) in [5.41, 5.74) is 1.85. The Bertz CT molecular complexity index is 2840. The monoisotopic (exact) mass is 842 g/mol. The molecule has 6 aromatic carbocycles. The SMILES string of the molecule is Cc1c(CC(=O)OC(=O)Cc2cc3ccc(F)cc3c(Oc3ccc(S(=O)(=O)N4CCCC4)cc3)c2C)cc2ccc(F)cc2c1Oc1ccc(S(=O)(=O)N(C)C)cc1. The van der Waals surface area contributed by atoms with Gasteiger partial charge in [-0.05, 0) is 133 Å². The van der Waals surface area contributed by atoms with E-state index in [0.717, 1.165) is 17.1 Å². The Morgan fingerprint density at radius 1 is 0.627 bits per heavy atom. The molecule has 0 saturated carbocycles. The van der Waals surface area contributed by atoms with Crippen molar-refractivity contribution in [2.24, 2.45) is 0 Å². The van der Waals surface area contributed by atoms with Gasteiger partial charge in [0.25, 0.3) is 0 Å². The molecule has 0 N–H and O–H groups in total. The minimum Gasteiger partial charge on any atom is -0.456 e. The zero-order chi connectivity index (χ0) is 42.2. The molecule has 1 heterocycles. The Kier molecular flexibility index (Phi) is 11.6. The second kappa shape index (κ2) is 16.5.